The van der Waals surface area contributed by atoms with E-state index in [-0.39, 0.29) is 16.2 Å². The van der Waals surface area contributed by atoms with Gasteiger partial charge in [0.1, 0.15) is 5.57 Å². The van der Waals surface area contributed by atoms with Crippen molar-refractivity contribution >= 4 is 58.5 Å². The number of carbonyl (C=O) groups excluding carboxylic acids is 2. The third-order valence-electron chi connectivity index (χ3n) is 4.88. The van der Waals surface area contributed by atoms with Crippen LogP contribution in [0.3, 0.4) is 0 Å². The third-order valence-corrected chi connectivity index (χ3v) is 5.41. The Morgan fingerprint density at radius 3 is 2.28 bits per heavy atom. The highest BCUT2D eigenvalue weighted by molar-refractivity contribution is 7.80. The van der Waals surface area contributed by atoms with E-state index in [1.165, 1.54) is 17.0 Å². The van der Waals surface area contributed by atoms with E-state index in [0.29, 0.717) is 27.4 Å². The molecular formula is C24H15ClN2O4S. The summed E-state index contributed by atoms with van der Waals surface area (Å²) in [6, 6.07) is 20.1. The van der Waals surface area contributed by atoms with E-state index in [1.54, 1.807) is 66.7 Å². The number of carbonyl (C=O) groups is 3. The summed E-state index contributed by atoms with van der Waals surface area (Å²) >= 11 is 11.1. The fourth-order valence-corrected chi connectivity index (χ4v) is 3.74. The molecule has 1 aliphatic heterocycles. The summed E-state index contributed by atoms with van der Waals surface area (Å²) in [5.74, 6) is -2.17. The Kier molecular flexibility index (Phi) is 5.85. The molecule has 0 spiro atoms. The molecule has 3 aromatic carbocycles. The predicted molar refractivity (Wildman–Crippen MR) is 126 cm³/mol. The molecule has 0 unspecified atom stereocenters. The number of benzene rings is 3. The lowest BCUT2D eigenvalue weighted by Crippen LogP contribution is -2.54. The molecule has 0 bridgehead atoms. The van der Waals surface area contributed by atoms with Gasteiger partial charge in [-0.25, -0.2) is 4.79 Å². The van der Waals surface area contributed by atoms with Crippen molar-refractivity contribution in [3.05, 3.63) is 94.5 Å². The topological polar surface area (TPSA) is 86.7 Å². The fourth-order valence-electron chi connectivity index (χ4n) is 3.33. The molecule has 0 aromatic heterocycles. The van der Waals surface area contributed by atoms with Crippen LogP contribution >= 0.6 is 23.8 Å². The van der Waals surface area contributed by atoms with Crippen molar-refractivity contribution < 1.29 is 19.5 Å². The molecular weight excluding hydrogens is 448 g/mol. The molecule has 1 fully saturated rings. The molecule has 4 rings (SSSR count). The average Bonchev–Trinajstić information content (AvgIpc) is 2.78. The molecule has 1 saturated heterocycles. The number of nitrogens with one attached hydrogen (secondary N) is 1. The molecule has 1 heterocycles. The molecule has 1 aliphatic rings. The second kappa shape index (κ2) is 8.74. The summed E-state index contributed by atoms with van der Waals surface area (Å²) in [6.07, 6.45) is 1.47. The minimum atomic E-state index is -1.02. The van der Waals surface area contributed by atoms with Gasteiger partial charge < -0.3 is 5.11 Å². The van der Waals surface area contributed by atoms with Crippen molar-refractivity contribution in [1.82, 2.24) is 5.32 Å². The number of carboxylic acids is 1. The van der Waals surface area contributed by atoms with Gasteiger partial charge in [0.25, 0.3) is 11.8 Å². The highest BCUT2D eigenvalue weighted by Crippen LogP contribution is 2.26. The van der Waals surface area contributed by atoms with Crippen molar-refractivity contribution in [2.75, 3.05) is 4.90 Å². The maximum atomic E-state index is 13.1. The van der Waals surface area contributed by atoms with Gasteiger partial charge in [-0.1, -0.05) is 54.1 Å². The number of anilines is 1. The van der Waals surface area contributed by atoms with Crippen LogP contribution in [-0.2, 0) is 9.59 Å². The molecule has 2 N–H and O–H groups in total. The zero-order valence-electron chi connectivity index (χ0n) is 16.4. The number of hydrogen-bond donors (Lipinski definition) is 2. The minimum absolute atomic E-state index is 0.0138. The van der Waals surface area contributed by atoms with Crippen LogP contribution in [0, 0.1) is 0 Å². The quantitative estimate of drug-likeness (QED) is 0.338. The monoisotopic (exact) mass is 462 g/mol. The maximum Gasteiger partial charge on any atom is 0.336 e. The summed E-state index contributed by atoms with van der Waals surface area (Å²) in [4.78, 5) is 38.2. The first kappa shape index (κ1) is 21.4. The largest absolute Gasteiger partial charge is 0.478 e. The van der Waals surface area contributed by atoms with Crippen LogP contribution in [-0.4, -0.2) is 28.0 Å². The summed E-state index contributed by atoms with van der Waals surface area (Å²) in [5.41, 5.74) is 2.47. The van der Waals surface area contributed by atoms with Crippen LogP contribution in [0.5, 0.6) is 0 Å². The molecule has 0 atom stereocenters. The van der Waals surface area contributed by atoms with Crippen LogP contribution in [0.25, 0.3) is 17.2 Å². The molecule has 0 saturated carbocycles. The van der Waals surface area contributed by atoms with E-state index in [4.69, 9.17) is 23.8 Å². The van der Waals surface area contributed by atoms with Crippen molar-refractivity contribution in [1.29, 1.82) is 0 Å². The van der Waals surface area contributed by atoms with Gasteiger partial charge >= 0.3 is 5.97 Å². The van der Waals surface area contributed by atoms with Gasteiger partial charge in [0.15, 0.2) is 5.11 Å². The number of nitrogens with zero attached hydrogens (tertiary/aromatic N) is 1. The Labute approximate surface area is 193 Å². The highest BCUT2D eigenvalue weighted by atomic mass is 35.5. The Hall–Kier alpha value is -3.81. The summed E-state index contributed by atoms with van der Waals surface area (Å²) in [7, 11) is 0. The van der Waals surface area contributed by atoms with Crippen molar-refractivity contribution in [2.24, 2.45) is 0 Å². The fraction of sp³-hybridized carbons (Fsp3) is 0. The number of carboxylic acid groups (broad SMARTS) is 1. The van der Waals surface area contributed by atoms with Gasteiger partial charge in [-0.15, -0.1) is 0 Å². The number of aromatic carboxylic acids is 1. The van der Waals surface area contributed by atoms with Gasteiger partial charge in [0.2, 0.25) is 0 Å². The molecule has 3 aromatic rings. The molecule has 32 heavy (non-hydrogen) atoms. The van der Waals surface area contributed by atoms with E-state index >= 15 is 0 Å². The van der Waals surface area contributed by atoms with Crippen molar-refractivity contribution in [3.63, 3.8) is 0 Å². The zero-order valence-corrected chi connectivity index (χ0v) is 18.0. The molecule has 158 valence electrons. The van der Waals surface area contributed by atoms with E-state index in [2.05, 4.69) is 5.32 Å². The Morgan fingerprint density at radius 1 is 0.969 bits per heavy atom. The average molecular weight is 463 g/mol. The van der Waals surface area contributed by atoms with E-state index in [0.717, 1.165) is 0 Å². The van der Waals surface area contributed by atoms with Crippen LogP contribution in [0.4, 0.5) is 5.69 Å². The molecule has 8 heteroatoms. The summed E-state index contributed by atoms with van der Waals surface area (Å²) < 4.78 is 0. The van der Waals surface area contributed by atoms with Gasteiger partial charge in [0, 0.05) is 5.02 Å². The lowest BCUT2D eigenvalue weighted by Gasteiger charge is -2.28. The Morgan fingerprint density at radius 2 is 1.62 bits per heavy atom. The number of thiocarbonyl (C=S) groups is 1. The number of rotatable bonds is 4. The lowest BCUT2D eigenvalue weighted by atomic mass is 9.98. The Bertz CT molecular complexity index is 1280. The first-order valence-corrected chi connectivity index (χ1v) is 10.2. The standard InChI is InChI=1S/C24H15ClN2O4S/c25-16-9-11-17(12-10-16)27-22(29)20(21(28)26-24(27)32)13-14-5-7-15(8-6-14)18-3-1-2-4-19(18)23(30)31/h1-13H,(H,30,31)(H,26,28,32). The third kappa shape index (κ3) is 4.16. The summed E-state index contributed by atoms with van der Waals surface area (Å²) in [6.45, 7) is 0. The first-order chi connectivity index (χ1) is 15.3. The van der Waals surface area contributed by atoms with E-state index < -0.39 is 17.8 Å². The maximum absolute atomic E-state index is 13.1. The lowest BCUT2D eigenvalue weighted by molar-refractivity contribution is -0.122. The first-order valence-electron chi connectivity index (χ1n) is 9.45. The normalized spacial score (nSPS) is 15.1. The van der Waals surface area contributed by atoms with Gasteiger partial charge in [-0.05, 0) is 65.3 Å². The van der Waals surface area contributed by atoms with Crippen LogP contribution in [0.2, 0.25) is 5.02 Å². The van der Waals surface area contributed by atoms with Crippen LogP contribution in [0.15, 0.2) is 78.4 Å². The van der Waals surface area contributed by atoms with Crippen molar-refractivity contribution in [3.8, 4) is 11.1 Å². The Balaban J connectivity index is 1.66. The predicted octanol–water partition coefficient (Wildman–Crippen LogP) is 4.54. The number of amides is 2. The molecule has 2 amide bonds. The number of halogens is 1. The second-order valence-electron chi connectivity index (χ2n) is 6.91. The number of hydrogen-bond acceptors (Lipinski definition) is 4. The molecule has 6 nitrogen and oxygen atoms in total. The van der Waals surface area contributed by atoms with E-state index in [1.807, 2.05) is 0 Å². The summed E-state index contributed by atoms with van der Waals surface area (Å²) in [5, 5.41) is 12.4. The van der Waals surface area contributed by atoms with Crippen molar-refractivity contribution in [2.45, 2.75) is 0 Å². The molecule has 0 radical (unpaired) electrons. The van der Waals surface area contributed by atoms with Gasteiger partial charge in [0.05, 0.1) is 11.3 Å². The van der Waals surface area contributed by atoms with Crippen LogP contribution in [0.1, 0.15) is 15.9 Å². The second-order valence-corrected chi connectivity index (χ2v) is 7.73. The highest BCUT2D eigenvalue weighted by Gasteiger charge is 2.34. The van der Waals surface area contributed by atoms with Gasteiger partial charge in [-0.3, -0.25) is 19.8 Å². The van der Waals surface area contributed by atoms with Crippen LogP contribution < -0.4 is 10.2 Å². The van der Waals surface area contributed by atoms with Gasteiger partial charge in [-0.2, -0.15) is 0 Å². The zero-order chi connectivity index (χ0) is 22.8. The van der Waals surface area contributed by atoms with E-state index in [9.17, 15) is 19.5 Å². The SMILES string of the molecule is O=C1NC(=S)N(c2ccc(Cl)cc2)C(=O)C1=Cc1ccc(-c2ccccc2C(=O)O)cc1. The molecule has 0 aliphatic carbocycles. The smallest absolute Gasteiger partial charge is 0.336 e. The minimum Gasteiger partial charge on any atom is -0.478 e.